The van der Waals surface area contributed by atoms with Crippen molar-refractivity contribution in [2.75, 3.05) is 0 Å². The number of benzene rings is 2. The van der Waals surface area contributed by atoms with Crippen LogP contribution in [0.15, 0.2) is 86.3 Å². The maximum atomic E-state index is 11.2. The van der Waals surface area contributed by atoms with Crippen LogP contribution in [0.4, 0.5) is 0 Å². The molecule has 0 amide bonds. The summed E-state index contributed by atoms with van der Waals surface area (Å²) >= 11 is 0. The number of hydrogen-bond donors (Lipinski definition) is 0. The molecule has 0 spiro atoms. The van der Waals surface area contributed by atoms with Crippen molar-refractivity contribution in [3.05, 3.63) is 86.3 Å². The normalized spacial score (nSPS) is 10.7. The van der Waals surface area contributed by atoms with E-state index in [9.17, 15) is 9.59 Å². The fourth-order valence-electron chi connectivity index (χ4n) is 1.89. The Morgan fingerprint density at radius 2 is 1.37 bits per heavy atom. The molecule has 0 atom stereocenters. The number of ether oxygens (including phenoxy) is 4. The Bertz CT molecular complexity index is 923. The number of fused-ring (bicyclic) bond motifs is 1. The second-order valence-electron chi connectivity index (χ2n) is 5.28. The lowest BCUT2D eigenvalue weighted by Crippen LogP contribution is -1.99. The third-order valence-electron chi connectivity index (χ3n) is 3.18. The molecule has 27 heavy (non-hydrogen) atoms. The van der Waals surface area contributed by atoms with Crippen molar-refractivity contribution in [1.82, 2.24) is 0 Å². The van der Waals surface area contributed by atoms with Crippen molar-refractivity contribution < 1.29 is 28.5 Å². The minimum Gasteiger partial charge on any atom is -0.462 e. The minimum atomic E-state index is -0.565. The van der Waals surface area contributed by atoms with Gasteiger partial charge in [0.15, 0.2) is 0 Å². The van der Waals surface area contributed by atoms with Crippen molar-refractivity contribution >= 4 is 22.7 Å². The van der Waals surface area contributed by atoms with E-state index in [2.05, 4.69) is 17.9 Å². The van der Waals surface area contributed by atoms with Crippen LogP contribution in [-0.4, -0.2) is 11.9 Å². The van der Waals surface area contributed by atoms with Gasteiger partial charge in [-0.3, -0.25) is 0 Å². The van der Waals surface area contributed by atoms with Gasteiger partial charge in [0.2, 0.25) is 0 Å². The van der Waals surface area contributed by atoms with E-state index in [4.69, 9.17) is 14.2 Å². The highest BCUT2D eigenvalue weighted by Gasteiger charge is 2.01. The zero-order valence-electron chi connectivity index (χ0n) is 14.7. The molecule has 0 bridgehead atoms. The molecule has 0 radical (unpaired) electrons. The highest BCUT2D eigenvalue weighted by Crippen LogP contribution is 2.25. The molecule has 0 aliphatic rings. The van der Waals surface area contributed by atoms with Gasteiger partial charge in [-0.15, -0.1) is 0 Å². The van der Waals surface area contributed by atoms with Crippen LogP contribution in [0, 0.1) is 0 Å². The molecule has 0 saturated carbocycles. The van der Waals surface area contributed by atoms with Gasteiger partial charge in [0.25, 0.3) is 0 Å². The van der Waals surface area contributed by atoms with E-state index in [1.807, 2.05) is 24.3 Å². The maximum absolute atomic E-state index is 11.2. The summed E-state index contributed by atoms with van der Waals surface area (Å²) in [6, 6.07) is 10.9. The molecule has 6 nitrogen and oxygen atoms in total. The SMILES string of the molecule is C=CC(=O)OC=COc1ccc2cc(OC=COC(=O)C(=C)C)ccc2c1. The summed E-state index contributed by atoms with van der Waals surface area (Å²) < 4.78 is 20.2. The highest BCUT2D eigenvalue weighted by molar-refractivity contribution is 5.87. The molecule has 0 heterocycles. The Kier molecular flexibility index (Phi) is 6.96. The summed E-state index contributed by atoms with van der Waals surface area (Å²) in [5.74, 6) is 0.0715. The van der Waals surface area contributed by atoms with Gasteiger partial charge in [-0.05, 0) is 42.0 Å². The van der Waals surface area contributed by atoms with Gasteiger partial charge < -0.3 is 18.9 Å². The van der Waals surface area contributed by atoms with E-state index in [-0.39, 0.29) is 0 Å². The minimum absolute atomic E-state index is 0.303. The molecule has 138 valence electrons. The van der Waals surface area contributed by atoms with E-state index < -0.39 is 11.9 Å². The third kappa shape index (κ3) is 6.21. The van der Waals surface area contributed by atoms with Gasteiger partial charge in [0.05, 0.1) is 0 Å². The van der Waals surface area contributed by atoms with Crippen molar-refractivity contribution in [2.24, 2.45) is 0 Å². The second-order valence-corrected chi connectivity index (χ2v) is 5.28. The van der Waals surface area contributed by atoms with Gasteiger partial charge in [-0.2, -0.15) is 0 Å². The smallest absolute Gasteiger partial charge is 0.338 e. The number of carbonyl (C=O) groups excluding carboxylic acids is 2. The van der Waals surface area contributed by atoms with Gasteiger partial charge in [0, 0.05) is 11.6 Å². The molecule has 2 rings (SSSR count). The second kappa shape index (κ2) is 9.62. The lowest BCUT2D eigenvalue weighted by atomic mass is 10.1. The quantitative estimate of drug-likeness (QED) is 0.392. The summed E-state index contributed by atoms with van der Waals surface area (Å²) in [5.41, 5.74) is 0.303. The molecule has 0 saturated heterocycles. The van der Waals surface area contributed by atoms with E-state index in [1.54, 1.807) is 19.1 Å². The van der Waals surface area contributed by atoms with E-state index in [0.29, 0.717) is 17.1 Å². The molecule has 2 aromatic rings. The molecule has 2 aromatic carbocycles. The van der Waals surface area contributed by atoms with Gasteiger partial charge in [-0.25, -0.2) is 9.59 Å². The van der Waals surface area contributed by atoms with E-state index >= 15 is 0 Å². The van der Waals surface area contributed by atoms with Crippen LogP contribution in [-0.2, 0) is 19.1 Å². The standard InChI is InChI=1S/C21H18O6/c1-4-20(22)26-11-9-24-18-7-5-17-14-19(8-6-16(17)13-18)25-10-12-27-21(23)15(2)3/h4-14H,1-2H2,3H3. The van der Waals surface area contributed by atoms with Crippen molar-refractivity contribution in [3.63, 3.8) is 0 Å². The first-order valence-corrected chi connectivity index (χ1v) is 7.86. The van der Waals surface area contributed by atoms with E-state index in [1.165, 1.54) is 12.5 Å². The number of esters is 2. The lowest BCUT2D eigenvalue weighted by molar-refractivity contribution is -0.134. The summed E-state index contributed by atoms with van der Waals surface area (Å²) in [6.45, 7) is 8.32. The van der Waals surface area contributed by atoms with Gasteiger partial charge in [0.1, 0.15) is 36.5 Å². The third-order valence-corrected chi connectivity index (χ3v) is 3.18. The van der Waals surface area contributed by atoms with Crippen LogP contribution in [0.5, 0.6) is 11.5 Å². The Morgan fingerprint density at radius 3 is 1.85 bits per heavy atom. The van der Waals surface area contributed by atoms with Gasteiger partial charge >= 0.3 is 11.9 Å². The Balaban J connectivity index is 1.97. The fraction of sp³-hybridized carbons (Fsp3) is 0.0476. The number of hydrogen-bond acceptors (Lipinski definition) is 6. The zero-order chi connectivity index (χ0) is 19.6. The Labute approximate surface area is 156 Å². The molecule has 0 aliphatic carbocycles. The average Bonchev–Trinajstić information content (AvgIpc) is 2.67. The first-order valence-electron chi connectivity index (χ1n) is 7.86. The van der Waals surface area contributed by atoms with Crippen LogP contribution >= 0.6 is 0 Å². The summed E-state index contributed by atoms with van der Waals surface area (Å²) in [6.07, 6.45) is 5.88. The largest absolute Gasteiger partial charge is 0.462 e. The molecule has 6 heteroatoms. The Hall–Kier alpha value is -3.80. The van der Waals surface area contributed by atoms with Crippen molar-refractivity contribution in [2.45, 2.75) is 6.92 Å². The van der Waals surface area contributed by atoms with Crippen LogP contribution in [0.2, 0.25) is 0 Å². The van der Waals surface area contributed by atoms with Crippen molar-refractivity contribution in [1.29, 1.82) is 0 Å². The maximum Gasteiger partial charge on any atom is 0.338 e. The first-order chi connectivity index (χ1) is 13.0. The van der Waals surface area contributed by atoms with Gasteiger partial charge in [-0.1, -0.05) is 25.3 Å². The molecular formula is C21H18O6. The molecule has 0 fully saturated rings. The topological polar surface area (TPSA) is 71.1 Å². The number of carbonyl (C=O) groups is 2. The van der Waals surface area contributed by atoms with Crippen LogP contribution in [0.1, 0.15) is 6.92 Å². The Morgan fingerprint density at radius 1 is 0.852 bits per heavy atom. The van der Waals surface area contributed by atoms with Crippen LogP contribution in [0.25, 0.3) is 10.8 Å². The van der Waals surface area contributed by atoms with E-state index in [0.717, 1.165) is 29.4 Å². The monoisotopic (exact) mass is 366 g/mol. The molecule has 0 N–H and O–H groups in total. The molecule has 0 unspecified atom stereocenters. The number of rotatable bonds is 8. The highest BCUT2D eigenvalue weighted by atomic mass is 16.5. The zero-order valence-corrected chi connectivity index (χ0v) is 14.7. The van der Waals surface area contributed by atoms with Crippen molar-refractivity contribution in [3.8, 4) is 11.5 Å². The predicted octanol–water partition coefficient (Wildman–Crippen LogP) is 4.39. The summed E-state index contributed by atoms with van der Waals surface area (Å²) in [4.78, 5) is 22.1. The summed E-state index contributed by atoms with van der Waals surface area (Å²) in [7, 11) is 0. The fourth-order valence-corrected chi connectivity index (χ4v) is 1.89. The average molecular weight is 366 g/mol. The molecular weight excluding hydrogens is 348 g/mol. The lowest BCUT2D eigenvalue weighted by Gasteiger charge is -2.05. The predicted molar refractivity (Wildman–Crippen MR) is 101 cm³/mol. The molecule has 0 aliphatic heterocycles. The van der Waals surface area contributed by atoms with Crippen LogP contribution in [0.3, 0.4) is 0 Å². The first kappa shape index (κ1) is 19.5. The van der Waals surface area contributed by atoms with Crippen LogP contribution < -0.4 is 9.47 Å². The molecule has 0 aromatic heterocycles. The summed E-state index contributed by atoms with van der Waals surface area (Å²) in [5, 5.41) is 1.85.